The number of thiazole rings is 1. The quantitative estimate of drug-likeness (QED) is 0.372. The Hall–Kier alpha value is -3.11. The molecule has 3 N–H and O–H groups in total. The van der Waals surface area contributed by atoms with Gasteiger partial charge in [-0.15, -0.1) is 11.3 Å². The fraction of sp³-hybridized carbons (Fsp3) is 0.433. The minimum Gasteiger partial charge on any atom is -0.391 e. The molecule has 0 spiro atoms. The van der Waals surface area contributed by atoms with Crippen molar-refractivity contribution in [3.05, 3.63) is 76.4 Å². The van der Waals surface area contributed by atoms with Gasteiger partial charge in [0.1, 0.15) is 12.3 Å². The Labute approximate surface area is 233 Å². The number of β-amino-alcohol motifs (C(OH)–C–C–N with tert-alkyl or cyclic N) is 1. The minimum atomic E-state index is -1.08. The number of benzene rings is 2. The van der Waals surface area contributed by atoms with Crippen molar-refractivity contribution in [2.45, 2.75) is 71.1 Å². The maximum atomic E-state index is 14.1. The lowest BCUT2D eigenvalue weighted by molar-refractivity contribution is -0.147. The topological polar surface area (TPSA) is 106 Å². The van der Waals surface area contributed by atoms with Crippen LogP contribution in [0.5, 0.6) is 0 Å². The molecule has 39 heavy (non-hydrogen) atoms. The number of rotatable bonds is 8. The Morgan fingerprint density at radius 1 is 1.21 bits per heavy atom. The summed E-state index contributed by atoms with van der Waals surface area (Å²) in [5, 5.41) is 25.1. The summed E-state index contributed by atoms with van der Waals surface area (Å²) in [5.74, 6) is -0.561. The molecule has 0 bridgehead atoms. The van der Waals surface area contributed by atoms with E-state index in [0.29, 0.717) is 18.7 Å². The summed E-state index contributed by atoms with van der Waals surface area (Å²) in [6.45, 7) is 8.51. The Morgan fingerprint density at radius 3 is 2.56 bits per heavy atom. The molecule has 206 valence electrons. The van der Waals surface area contributed by atoms with Gasteiger partial charge in [-0.2, -0.15) is 0 Å². The monoisotopic (exact) mass is 548 g/mol. The normalized spacial score (nSPS) is 22.4. The molecule has 2 unspecified atom stereocenters. The summed E-state index contributed by atoms with van der Waals surface area (Å²) in [7, 11) is 0. The molecule has 0 saturated carbocycles. The number of aliphatic hydroxyl groups excluding tert-OH is 2. The molecule has 1 aromatic heterocycles. The van der Waals surface area contributed by atoms with E-state index in [9.17, 15) is 19.8 Å². The van der Waals surface area contributed by atoms with Crippen molar-refractivity contribution >= 4 is 23.2 Å². The van der Waals surface area contributed by atoms with Crippen LogP contribution in [0.2, 0.25) is 0 Å². The van der Waals surface area contributed by atoms with Crippen LogP contribution in [-0.2, 0) is 17.9 Å². The lowest BCUT2D eigenvalue weighted by Gasteiger charge is -2.42. The highest BCUT2D eigenvalue weighted by atomic mass is 32.1. The van der Waals surface area contributed by atoms with Crippen molar-refractivity contribution in [1.82, 2.24) is 20.1 Å². The number of aromatic nitrogens is 1. The molecular weight excluding hydrogens is 512 g/mol. The highest BCUT2D eigenvalue weighted by Gasteiger charge is 2.52. The second-order valence-corrected chi connectivity index (χ2v) is 12.0. The van der Waals surface area contributed by atoms with E-state index in [4.69, 9.17) is 0 Å². The van der Waals surface area contributed by atoms with Gasteiger partial charge in [-0.3, -0.25) is 14.9 Å². The fourth-order valence-corrected chi connectivity index (χ4v) is 6.71. The van der Waals surface area contributed by atoms with Gasteiger partial charge in [0.25, 0.3) is 5.91 Å². The highest BCUT2D eigenvalue weighted by Crippen LogP contribution is 2.36. The summed E-state index contributed by atoms with van der Waals surface area (Å²) in [6, 6.07) is 14.8. The maximum Gasteiger partial charge on any atom is 0.255 e. The SMILES string of the molecule is Cc1ncsc1-c1ccc(CNC(O)C2(C)C[C@@H](O)CN2C(=O)[C@H](C(C)C)N2Cc3ccccc3C2=O)cc1. The number of aliphatic hydroxyl groups is 2. The fourth-order valence-electron chi connectivity index (χ4n) is 5.90. The number of hydrogen-bond acceptors (Lipinski definition) is 7. The maximum absolute atomic E-state index is 14.1. The number of carbonyl (C=O) groups excluding carboxylic acids is 2. The average Bonchev–Trinajstić information content (AvgIpc) is 3.58. The van der Waals surface area contributed by atoms with Crippen LogP contribution in [0.25, 0.3) is 10.4 Å². The van der Waals surface area contributed by atoms with E-state index in [1.54, 1.807) is 34.1 Å². The van der Waals surface area contributed by atoms with Gasteiger partial charge in [0.15, 0.2) is 0 Å². The first-order chi connectivity index (χ1) is 18.6. The molecule has 4 atom stereocenters. The van der Waals surface area contributed by atoms with Crippen molar-refractivity contribution in [2.75, 3.05) is 6.54 Å². The van der Waals surface area contributed by atoms with E-state index in [1.807, 2.05) is 68.7 Å². The number of fused-ring (bicyclic) bond motifs is 1. The Balaban J connectivity index is 1.31. The lowest BCUT2D eigenvalue weighted by Crippen LogP contribution is -2.62. The summed E-state index contributed by atoms with van der Waals surface area (Å²) >= 11 is 1.60. The van der Waals surface area contributed by atoms with Crippen LogP contribution in [0.3, 0.4) is 0 Å². The molecule has 1 fully saturated rings. The number of hydrogen-bond donors (Lipinski definition) is 3. The lowest BCUT2D eigenvalue weighted by atomic mass is 9.93. The van der Waals surface area contributed by atoms with E-state index < -0.39 is 23.9 Å². The molecule has 9 heteroatoms. The zero-order valence-electron chi connectivity index (χ0n) is 22.8. The van der Waals surface area contributed by atoms with Crippen LogP contribution in [-0.4, -0.2) is 67.3 Å². The van der Waals surface area contributed by atoms with Gasteiger partial charge in [0.05, 0.1) is 27.7 Å². The first-order valence-electron chi connectivity index (χ1n) is 13.4. The van der Waals surface area contributed by atoms with Crippen molar-refractivity contribution in [1.29, 1.82) is 0 Å². The molecule has 3 heterocycles. The van der Waals surface area contributed by atoms with E-state index in [0.717, 1.165) is 27.3 Å². The number of nitrogens with zero attached hydrogens (tertiary/aromatic N) is 3. The van der Waals surface area contributed by atoms with E-state index in [1.165, 1.54) is 0 Å². The number of aryl methyl sites for hydroxylation is 1. The third-order valence-electron chi connectivity index (χ3n) is 8.04. The van der Waals surface area contributed by atoms with Crippen molar-refractivity contribution < 1.29 is 19.8 Å². The van der Waals surface area contributed by atoms with Crippen molar-refractivity contribution in [3.63, 3.8) is 0 Å². The molecule has 2 aromatic carbocycles. The smallest absolute Gasteiger partial charge is 0.255 e. The summed E-state index contributed by atoms with van der Waals surface area (Å²) < 4.78 is 0. The average molecular weight is 549 g/mol. The Bertz CT molecular complexity index is 1360. The predicted octanol–water partition coefficient (Wildman–Crippen LogP) is 3.56. The third-order valence-corrected chi connectivity index (χ3v) is 9.02. The molecule has 1 saturated heterocycles. The van der Waals surface area contributed by atoms with E-state index in [-0.39, 0.29) is 30.7 Å². The standard InChI is InChI=1S/C30H36N4O4S/c1-18(2)25(33-15-22-7-5-6-8-24(22)27(33)36)28(37)34-16-23(35)13-30(34,4)29(38)31-14-20-9-11-21(12-10-20)26-19(3)32-17-39-26/h5-12,17-18,23,25,29,31,35,38H,13-16H2,1-4H3/t23-,25+,29?,30?/m1/s1. The highest BCUT2D eigenvalue weighted by molar-refractivity contribution is 7.13. The second kappa shape index (κ2) is 10.8. The molecule has 5 rings (SSSR count). The zero-order valence-corrected chi connectivity index (χ0v) is 23.6. The van der Waals surface area contributed by atoms with Gasteiger partial charge in [0.2, 0.25) is 5.91 Å². The van der Waals surface area contributed by atoms with Crippen molar-refractivity contribution in [3.8, 4) is 10.4 Å². The molecule has 2 aliphatic heterocycles. The second-order valence-electron chi connectivity index (χ2n) is 11.2. The zero-order chi connectivity index (χ0) is 27.9. The van der Waals surface area contributed by atoms with Crippen LogP contribution in [0.1, 0.15) is 54.4 Å². The van der Waals surface area contributed by atoms with Gasteiger partial charge in [-0.1, -0.05) is 56.3 Å². The molecule has 0 radical (unpaired) electrons. The Morgan fingerprint density at radius 2 is 1.92 bits per heavy atom. The molecule has 2 amide bonds. The Kier molecular flexibility index (Phi) is 7.61. The van der Waals surface area contributed by atoms with Gasteiger partial charge < -0.3 is 20.0 Å². The summed E-state index contributed by atoms with van der Waals surface area (Å²) in [5.41, 5.74) is 5.40. The molecule has 3 aromatic rings. The summed E-state index contributed by atoms with van der Waals surface area (Å²) in [4.78, 5) is 36.0. The van der Waals surface area contributed by atoms with Gasteiger partial charge in [-0.25, -0.2) is 4.98 Å². The van der Waals surface area contributed by atoms with Crippen LogP contribution in [0, 0.1) is 12.8 Å². The number of carbonyl (C=O) groups is 2. The first kappa shape index (κ1) is 27.5. The van der Waals surface area contributed by atoms with Gasteiger partial charge >= 0.3 is 0 Å². The predicted molar refractivity (Wildman–Crippen MR) is 151 cm³/mol. The largest absolute Gasteiger partial charge is 0.391 e. The first-order valence-corrected chi connectivity index (χ1v) is 14.3. The minimum absolute atomic E-state index is 0.106. The van der Waals surface area contributed by atoms with Crippen LogP contribution >= 0.6 is 11.3 Å². The third kappa shape index (κ3) is 5.12. The number of likely N-dealkylation sites (tertiary alicyclic amines) is 1. The number of nitrogens with one attached hydrogen (secondary N) is 1. The van der Waals surface area contributed by atoms with Crippen LogP contribution in [0.4, 0.5) is 0 Å². The van der Waals surface area contributed by atoms with E-state index >= 15 is 0 Å². The molecule has 2 aliphatic rings. The molecule has 0 aliphatic carbocycles. The van der Waals surface area contributed by atoms with Gasteiger partial charge in [0, 0.05) is 31.6 Å². The van der Waals surface area contributed by atoms with E-state index in [2.05, 4.69) is 10.3 Å². The van der Waals surface area contributed by atoms with Gasteiger partial charge in [-0.05, 0) is 42.5 Å². The van der Waals surface area contributed by atoms with Crippen LogP contribution < -0.4 is 5.32 Å². The van der Waals surface area contributed by atoms with Crippen LogP contribution in [0.15, 0.2) is 54.0 Å². The van der Waals surface area contributed by atoms with Crippen molar-refractivity contribution in [2.24, 2.45) is 5.92 Å². The molecular formula is C30H36N4O4S. The summed E-state index contributed by atoms with van der Waals surface area (Å²) in [6.07, 6.45) is -1.62. The molecule has 8 nitrogen and oxygen atoms in total. The number of amides is 2.